The molecule has 8 heteroatoms. The number of alkyl halides is 2. The topological polar surface area (TPSA) is 31.5 Å². The van der Waals surface area contributed by atoms with Crippen molar-refractivity contribution in [3.63, 3.8) is 0 Å². The lowest BCUT2D eigenvalue weighted by Gasteiger charge is -2.40. The second-order valence-corrected chi connectivity index (χ2v) is 10.8. The molecule has 5 rings (SSSR count). The third kappa shape index (κ3) is 4.85. The van der Waals surface area contributed by atoms with Gasteiger partial charge in [0, 0.05) is 72.4 Å². The summed E-state index contributed by atoms with van der Waals surface area (Å²) in [4.78, 5) is 7.44. The molecule has 36 heavy (non-hydrogen) atoms. The molecule has 1 aromatic heterocycles. The van der Waals surface area contributed by atoms with Crippen molar-refractivity contribution < 1.29 is 22.3 Å². The molecule has 2 aliphatic heterocycles. The Kier molecular flexibility index (Phi) is 7.01. The van der Waals surface area contributed by atoms with Gasteiger partial charge in [-0.15, -0.1) is 0 Å². The van der Waals surface area contributed by atoms with Crippen molar-refractivity contribution in [1.29, 1.82) is 0 Å². The van der Waals surface area contributed by atoms with Gasteiger partial charge in [0.2, 0.25) is 0 Å². The molecule has 3 heterocycles. The van der Waals surface area contributed by atoms with Crippen LogP contribution in [0.25, 0.3) is 10.9 Å². The van der Waals surface area contributed by atoms with Crippen molar-refractivity contribution in [2.75, 3.05) is 46.1 Å². The Morgan fingerprint density at radius 2 is 1.81 bits per heavy atom. The van der Waals surface area contributed by atoms with E-state index in [1.54, 1.807) is 0 Å². The zero-order valence-corrected chi connectivity index (χ0v) is 20.8. The highest BCUT2D eigenvalue weighted by Crippen LogP contribution is 2.42. The van der Waals surface area contributed by atoms with Gasteiger partial charge in [-0.3, -0.25) is 18.6 Å². The third-order valence-corrected chi connectivity index (χ3v) is 7.29. The maximum atomic E-state index is 15.7. The number of para-hydroxylation sites is 1. The van der Waals surface area contributed by atoms with Crippen molar-refractivity contribution in [2.24, 2.45) is 5.41 Å². The van der Waals surface area contributed by atoms with E-state index in [4.69, 9.17) is 4.74 Å². The van der Waals surface area contributed by atoms with Crippen LogP contribution in [0.1, 0.15) is 43.1 Å². The minimum absolute atomic E-state index is 0.0531. The SMILES string of the molecule is CC(C)(CF)CN1CCc2c([nH]c3ccccc23)[C@H]1c1c(F)cc(OC2CN(CCCF)C2)cc1F. The number of aromatic nitrogens is 1. The van der Waals surface area contributed by atoms with Gasteiger partial charge >= 0.3 is 0 Å². The predicted molar refractivity (Wildman–Crippen MR) is 133 cm³/mol. The Balaban J connectivity index is 1.47. The summed E-state index contributed by atoms with van der Waals surface area (Å²) in [6.07, 6.45) is 1.01. The quantitative estimate of drug-likeness (QED) is 0.374. The summed E-state index contributed by atoms with van der Waals surface area (Å²) in [5.41, 5.74) is 2.01. The van der Waals surface area contributed by atoms with E-state index in [2.05, 4.69) is 9.88 Å². The highest BCUT2D eigenvalue weighted by molar-refractivity contribution is 5.85. The molecule has 0 unspecified atom stereocenters. The highest BCUT2D eigenvalue weighted by atomic mass is 19.1. The molecule has 0 aliphatic carbocycles. The van der Waals surface area contributed by atoms with E-state index in [-0.39, 0.29) is 24.1 Å². The standard InChI is InChI=1S/C28H33F4N3O/c1-28(2,16-30)17-35-11-8-21-20-6-3-4-7-24(20)33-26(21)27(35)25-22(31)12-18(13-23(25)32)36-19-14-34(15-19)10-5-9-29/h3-4,6-7,12-13,19,27,33H,5,8-11,14-17H2,1-2H3/t27-/m1/s1. The molecule has 2 aliphatic rings. The van der Waals surface area contributed by atoms with Crippen molar-refractivity contribution in [1.82, 2.24) is 14.8 Å². The van der Waals surface area contributed by atoms with Gasteiger partial charge in [-0.1, -0.05) is 32.0 Å². The van der Waals surface area contributed by atoms with E-state index in [1.165, 1.54) is 12.1 Å². The number of nitrogens with zero attached hydrogens (tertiary/aromatic N) is 2. The molecule has 3 aromatic rings. The fourth-order valence-electron chi connectivity index (χ4n) is 5.53. The number of likely N-dealkylation sites (tertiary alicyclic amines) is 1. The Morgan fingerprint density at radius 3 is 2.50 bits per heavy atom. The zero-order valence-electron chi connectivity index (χ0n) is 20.8. The first-order valence-corrected chi connectivity index (χ1v) is 12.6. The number of aromatic amines is 1. The normalized spacial score (nSPS) is 19.4. The molecule has 0 radical (unpaired) electrons. The number of fused-ring (bicyclic) bond motifs is 3. The molecule has 1 saturated heterocycles. The van der Waals surface area contributed by atoms with Crippen LogP contribution in [0.5, 0.6) is 5.75 Å². The molecular weight excluding hydrogens is 470 g/mol. The molecule has 0 amide bonds. The van der Waals surface area contributed by atoms with Gasteiger partial charge in [0.1, 0.15) is 23.5 Å². The molecular formula is C28H33F4N3O. The molecule has 0 saturated carbocycles. The number of H-pyrrole nitrogens is 1. The van der Waals surface area contributed by atoms with Crippen LogP contribution in [0, 0.1) is 17.0 Å². The van der Waals surface area contributed by atoms with E-state index in [0.29, 0.717) is 45.6 Å². The van der Waals surface area contributed by atoms with Crippen LogP contribution in [0.3, 0.4) is 0 Å². The molecule has 1 fully saturated rings. The molecule has 0 bridgehead atoms. The number of hydrogen-bond donors (Lipinski definition) is 1. The molecule has 1 atom stereocenters. The van der Waals surface area contributed by atoms with Gasteiger partial charge in [0.15, 0.2) is 0 Å². The van der Waals surface area contributed by atoms with Gasteiger partial charge < -0.3 is 9.72 Å². The van der Waals surface area contributed by atoms with Crippen molar-refractivity contribution in [2.45, 2.75) is 38.8 Å². The molecule has 1 N–H and O–H groups in total. The number of hydrogen-bond acceptors (Lipinski definition) is 3. The van der Waals surface area contributed by atoms with Gasteiger partial charge in [0.05, 0.1) is 19.4 Å². The van der Waals surface area contributed by atoms with Crippen LogP contribution in [0.4, 0.5) is 17.6 Å². The Morgan fingerprint density at radius 1 is 1.08 bits per heavy atom. The van der Waals surface area contributed by atoms with Gasteiger partial charge in [0.25, 0.3) is 0 Å². The van der Waals surface area contributed by atoms with E-state index in [9.17, 15) is 8.78 Å². The first kappa shape index (κ1) is 25.1. The summed E-state index contributed by atoms with van der Waals surface area (Å²) >= 11 is 0. The first-order valence-electron chi connectivity index (χ1n) is 12.6. The maximum Gasteiger partial charge on any atom is 0.135 e. The van der Waals surface area contributed by atoms with Crippen LogP contribution in [-0.2, 0) is 6.42 Å². The fourth-order valence-corrected chi connectivity index (χ4v) is 5.53. The number of rotatable bonds is 9. The van der Waals surface area contributed by atoms with Crippen LogP contribution >= 0.6 is 0 Å². The Hall–Kier alpha value is -2.58. The average molecular weight is 504 g/mol. The zero-order chi connectivity index (χ0) is 25.4. The van der Waals surface area contributed by atoms with E-state index < -0.39 is 29.8 Å². The molecule has 0 spiro atoms. The summed E-state index contributed by atoms with van der Waals surface area (Å²) in [7, 11) is 0. The van der Waals surface area contributed by atoms with Crippen LogP contribution in [0.2, 0.25) is 0 Å². The van der Waals surface area contributed by atoms with Gasteiger partial charge in [-0.2, -0.15) is 0 Å². The monoisotopic (exact) mass is 503 g/mol. The van der Waals surface area contributed by atoms with E-state index in [0.717, 1.165) is 22.2 Å². The maximum absolute atomic E-state index is 15.7. The van der Waals surface area contributed by atoms with Crippen molar-refractivity contribution >= 4 is 10.9 Å². The van der Waals surface area contributed by atoms with Crippen molar-refractivity contribution in [3.05, 3.63) is 64.9 Å². The second-order valence-electron chi connectivity index (χ2n) is 10.8. The van der Waals surface area contributed by atoms with Crippen LogP contribution in [-0.4, -0.2) is 67.0 Å². The van der Waals surface area contributed by atoms with E-state index in [1.807, 2.05) is 43.0 Å². The van der Waals surface area contributed by atoms with Crippen LogP contribution < -0.4 is 4.74 Å². The highest BCUT2D eigenvalue weighted by Gasteiger charge is 2.38. The Bertz CT molecular complexity index is 1200. The molecule has 194 valence electrons. The van der Waals surface area contributed by atoms with E-state index >= 15 is 8.78 Å². The molecule has 2 aromatic carbocycles. The second kappa shape index (κ2) is 10.1. The largest absolute Gasteiger partial charge is 0.488 e. The summed E-state index contributed by atoms with van der Waals surface area (Å²) in [5, 5.41) is 1.05. The molecule has 4 nitrogen and oxygen atoms in total. The lowest BCUT2D eigenvalue weighted by Crippen LogP contribution is -2.53. The van der Waals surface area contributed by atoms with Gasteiger partial charge in [-0.25, -0.2) is 8.78 Å². The summed E-state index contributed by atoms with van der Waals surface area (Å²) < 4.78 is 63.3. The van der Waals surface area contributed by atoms with Crippen molar-refractivity contribution in [3.8, 4) is 5.75 Å². The lowest BCUT2D eigenvalue weighted by atomic mass is 9.87. The average Bonchev–Trinajstić information content (AvgIpc) is 3.19. The summed E-state index contributed by atoms with van der Waals surface area (Å²) in [6, 6.07) is 9.64. The minimum atomic E-state index is -0.707. The summed E-state index contributed by atoms with van der Waals surface area (Å²) in [5.74, 6) is -1.22. The van der Waals surface area contributed by atoms with Gasteiger partial charge in [-0.05, 0) is 24.5 Å². The minimum Gasteiger partial charge on any atom is -0.488 e. The number of ether oxygens (including phenoxy) is 1. The third-order valence-electron chi connectivity index (χ3n) is 7.29. The fraction of sp³-hybridized carbons (Fsp3) is 0.500. The smallest absolute Gasteiger partial charge is 0.135 e. The lowest BCUT2D eigenvalue weighted by molar-refractivity contribution is 0.0180. The first-order chi connectivity index (χ1) is 17.3. The summed E-state index contributed by atoms with van der Waals surface area (Å²) in [6.45, 7) is 5.55. The Labute approximate surface area is 209 Å². The van der Waals surface area contributed by atoms with Crippen LogP contribution in [0.15, 0.2) is 36.4 Å². The number of nitrogens with one attached hydrogen (secondary N) is 1. The number of benzene rings is 2. The predicted octanol–water partition coefficient (Wildman–Crippen LogP) is 5.81. The number of halogens is 4.